The van der Waals surface area contributed by atoms with Gasteiger partial charge in [-0.15, -0.1) is 11.3 Å². The summed E-state index contributed by atoms with van der Waals surface area (Å²) in [6, 6.07) is 27.5. The van der Waals surface area contributed by atoms with Crippen molar-refractivity contribution in [1.82, 2.24) is 0 Å². The topological polar surface area (TPSA) is 21.7 Å². The minimum Gasteiger partial charge on any atom is -0.494 e. The molecule has 7 atom stereocenters. The normalized spacial score (nSPS) is 30.7. The van der Waals surface area contributed by atoms with Gasteiger partial charge >= 0.3 is 0 Å². The van der Waals surface area contributed by atoms with Gasteiger partial charge in [0.15, 0.2) is 0 Å². The highest BCUT2D eigenvalue weighted by molar-refractivity contribution is 7.20. The number of hydrogen-bond acceptors (Lipinski definition) is 4. The number of ether oxygens (including phenoxy) is 2. The molecule has 4 heteroatoms. The smallest absolute Gasteiger partial charge is 0.102 e. The second-order valence-corrected chi connectivity index (χ2v) is 19.9. The summed E-state index contributed by atoms with van der Waals surface area (Å²) >= 11 is 2.00. The maximum atomic E-state index is 7.41. The maximum absolute atomic E-state index is 7.41. The second kappa shape index (κ2) is 14.9. The third-order valence-electron chi connectivity index (χ3n) is 15.8. The highest BCUT2D eigenvalue weighted by Crippen LogP contribution is 2.67. The van der Waals surface area contributed by atoms with Crippen molar-refractivity contribution < 1.29 is 9.47 Å². The van der Waals surface area contributed by atoms with Crippen LogP contribution in [0.4, 0.5) is 11.4 Å². The van der Waals surface area contributed by atoms with Crippen LogP contribution in [0, 0.1) is 17.3 Å². The molecule has 0 amide bonds. The van der Waals surface area contributed by atoms with Crippen molar-refractivity contribution in [2.75, 3.05) is 4.90 Å². The molecule has 3 heterocycles. The quantitative estimate of drug-likeness (QED) is 0.201. The van der Waals surface area contributed by atoms with Gasteiger partial charge in [0.1, 0.15) is 18.0 Å². The Kier molecular flexibility index (Phi) is 9.16. The molecule has 1 spiro atoms. The van der Waals surface area contributed by atoms with E-state index in [-0.39, 0.29) is 5.41 Å². The van der Waals surface area contributed by atoms with Crippen molar-refractivity contribution >= 4 is 38.9 Å². The van der Waals surface area contributed by atoms with E-state index in [0.29, 0.717) is 35.9 Å². The van der Waals surface area contributed by atoms with Crippen LogP contribution in [0.2, 0.25) is 0 Å². The highest BCUT2D eigenvalue weighted by Gasteiger charge is 2.62. The van der Waals surface area contributed by atoms with Gasteiger partial charge in [-0.1, -0.05) is 85.7 Å². The molecule has 300 valence electrons. The first-order valence-electron chi connectivity index (χ1n) is 23.2. The molecule has 3 nitrogen and oxygen atoms in total. The van der Waals surface area contributed by atoms with Gasteiger partial charge in [-0.2, -0.15) is 0 Å². The first-order valence-corrected chi connectivity index (χ1v) is 24.1. The van der Waals surface area contributed by atoms with E-state index in [0.717, 1.165) is 38.5 Å². The predicted octanol–water partition coefficient (Wildman–Crippen LogP) is 14.9. The zero-order valence-electron chi connectivity index (χ0n) is 34.4. The molecule has 3 aromatic carbocycles. The average Bonchev–Trinajstić information content (AvgIpc) is 3.69. The van der Waals surface area contributed by atoms with Crippen LogP contribution in [0.5, 0.6) is 0 Å². The van der Waals surface area contributed by atoms with Crippen LogP contribution in [-0.4, -0.2) is 12.2 Å². The van der Waals surface area contributed by atoms with Crippen molar-refractivity contribution in [2.24, 2.45) is 17.3 Å². The highest BCUT2D eigenvalue weighted by atomic mass is 32.1. The van der Waals surface area contributed by atoms with Gasteiger partial charge in [0, 0.05) is 68.2 Å². The zero-order valence-corrected chi connectivity index (χ0v) is 35.2. The largest absolute Gasteiger partial charge is 0.494 e. The summed E-state index contributed by atoms with van der Waals surface area (Å²) in [5.74, 6) is 4.57. The Morgan fingerprint density at radius 2 is 1.41 bits per heavy atom. The van der Waals surface area contributed by atoms with E-state index in [4.69, 9.17) is 9.47 Å². The molecule has 6 aliphatic carbocycles. The molecule has 2 saturated carbocycles. The lowest BCUT2D eigenvalue weighted by atomic mass is 9.47. The van der Waals surface area contributed by atoms with Crippen molar-refractivity contribution in [3.05, 3.63) is 159 Å². The number of para-hydroxylation sites is 1. The summed E-state index contributed by atoms with van der Waals surface area (Å²) < 4.78 is 16.2. The third-order valence-corrected chi connectivity index (χ3v) is 17.0. The number of thiophene rings is 1. The predicted molar refractivity (Wildman–Crippen MR) is 244 cm³/mol. The number of benzene rings is 3. The van der Waals surface area contributed by atoms with E-state index in [9.17, 15) is 0 Å². The summed E-state index contributed by atoms with van der Waals surface area (Å²) in [4.78, 5) is 3.89. The maximum Gasteiger partial charge on any atom is 0.102 e. The number of aryl methyl sites for hydroxylation is 1. The van der Waals surface area contributed by atoms with E-state index < -0.39 is 0 Å². The summed E-state index contributed by atoms with van der Waals surface area (Å²) in [5.41, 5.74) is 11.5. The van der Waals surface area contributed by atoms with Crippen LogP contribution in [0.3, 0.4) is 0 Å². The Balaban J connectivity index is 0.914. The molecule has 0 radical (unpaired) electrons. The number of nitrogens with zero attached hydrogens (tertiary/aromatic N) is 1. The Labute approximate surface area is 354 Å². The van der Waals surface area contributed by atoms with Gasteiger partial charge in [0.25, 0.3) is 0 Å². The first kappa shape index (κ1) is 36.3. The molecule has 1 aromatic heterocycles. The summed E-state index contributed by atoms with van der Waals surface area (Å²) in [7, 11) is 0. The minimum absolute atomic E-state index is 0.0312. The number of rotatable bonds is 5. The lowest BCUT2D eigenvalue weighted by molar-refractivity contribution is -0.118. The van der Waals surface area contributed by atoms with Crippen molar-refractivity contribution in [3.8, 4) is 0 Å². The fourth-order valence-corrected chi connectivity index (χ4v) is 14.6. The molecular weight excluding hydrogens is 739 g/mol. The van der Waals surface area contributed by atoms with Gasteiger partial charge in [-0.25, -0.2) is 0 Å². The van der Waals surface area contributed by atoms with E-state index in [1.165, 1.54) is 108 Å². The molecule has 8 aliphatic rings. The molecule has 0 N–H and O–H groups in total. The lowest BCUT2D eigenvalue weighted by Crippen LogP contribution is -2.58. The minimum atomic E-state index is 0.0312. The van der Waals surface area contributed by atoms with Crippen molar-refractivity contribution in [1.29, 1.82) is 0 Å². The van der Waals surface area contributed by atoms with Crippen LogP contribution in [0.15, 0.2) is 138 Å². The van der Waals surface area contributed by atoms with Gasteiger partial charge in [-0.05, 0) is 153 Å². The second-order valence-electron chi connectivity index (χ2n) is 18.8. The Bertz CT molecular complexity index is 2450. The molecular formula is C55H57NO2S. The summed E-state index contributed by atoms with van der Waals surface area (Å²) in [6.07, 6.45) is 36.5. The van der Waals surface area contributed by atoms with Gasteiger partial charge in [0.05, 0.1) is 5.76 Å². The van der Waals surface area contributed by atoms with Gasteiger partial charge in [0.2, 0.25) is 0 Å². The van der Waals surface area contributed by atoms with Crippen molar-refractivity contribution in [3.63, 3.8) is 0 Å². The van der Waals surface area contributed by atoms with E-state index >= 15 is 0 Å². The average molecular weight is 796 g/mol. The summed E-state index contributed by atoms with van der Waals surface area (Å²) in [6.45, 7) is 0. The fourth-order valence-electron chi connectivity index (χ4n) is 13.3. The van der Waals surface area contributed by atoms with Crippen LogP contribution < -0.4 is 4.90 Å². The van der Waals surface area contributed by atoms with Gasteiger partial charge < -0.3 is 14.4 Å². The van der Waals surface area contributed by atoms with Gasteiger partial charge in [-0.3, -0.25) is 0 Å². The van der Waals surface area contributed by atoms with E-state index in [1.54, 1.807) is 27.7 Å². The Morgan fingerprint density at radius 1 is 0.644 bits per heavy atom. The molecule has 7 unspecified atom stereocenters. The molecule has 2 aliphatic heterocycles. The van der Waals surface area contributed by atoms with Crippen LogP contribution in [-0.2, 0) is 15.9 Å². The van der Waals surface area contributed by atoms with E-state index in [1.807, 2.05) is 11.3 Å². The molecule has 0 saturated heterocycles. The molecule has 0 bridgehead atoms. The summed E-state index contributed by atoms with van der Waals surface area (Å²) in [5, 5.41) is 1.57. The van der Waals surface area contributed by atoms with Crippen LogP contribution >= 0.6 is 11.3 Å². The SMILES string of the molecule is C1=CC(N(c2ccccc2)c2ccc(C3C=CC4=C(C3)OC3CCCCC3C43C4=C(CC(c5cccc6sc7c(c56)CCC=C7)CC4)OC4CCCCC43)cc2)=CCC1. The number of fused-ring (bicyclic) bond motifs is 9. The van der Waals surface area contributed by atoms with Crippen LogP contribution in [0.25, 0.3) is 16.2 Å². The molecule has 59 heavy (non-hydrogen) atoms. The molecule has 12 rings (SSSR count). The lowest BCUT2D eigenvalue weighted by Gasteiger charge is -2.62. The number of anilines is 2. The molecule has 2 fully saturated rings. The standard InChI is InChI=1S/C55H57NO2S/c1-3-14-39(15-4-1)56(40-16-5-2-6-17-40)41-30-26-36(27-31-41)37-28-32-46-50(34-37)57-48-22-10-8-20-44(48)55(46)45-21-9-11-23-49(45)58-51-35-38(29-33-47(51)55)42-19-13-25-53-54(42)43-18-7-12-24-52(43)59-53/h1,3-5,12-17,19,24-28,30-32,37-38,44-45,48-49H,2,6-11,18,20-23,29,33-35H2. The van der Waals surface area contributed by atoms with Crippen LogP contribution in [0.1, 0.15) is 130 Å². The Hall–Kier alpha value is -4.54. The zero-order chi connectivity index (χ0) is 38.9. The van der Waals surface area contributed by atoms with Crippen molar-refractivity contribution in [2.45, 2.75) is 127 Å². The molecule has 4 aromatic rings. The first-order chi connectivity index (χ1) is 29.2. The monoisotopic (exact) mass is 795 g/mol. The fraction of sp³-hybridized carbons (Fsp3) is 0.418. The van der Waals surface area contributed by atoms with E-state index in [2.05, 4.69) is 120 Å². The number of allylic oxidation sites excluding steroid dienone is 10. The Morgan fingerprint density at radius 3 is 2.20 bits per heavy atom. The number of hydrogen-bond donors (Lipinski definition) is 0. The third kappa shape index (κ3) is 5.93.